The van der Waals surface area contributed by atoms with E-state index in [1.807, 2.05) is 6.07 Å². The van der Waals surface area contributed by atoms with E-state index in [4.69, 9.17) is 14.2 Å². The zero-order valence-electron chi connectivity index (χ0n) is 21.2. The lowest BCUT2D eigenvalue weighted by atomic mass is 9.90. The molecule has 3 aromatic heterocycles. The minimum absolute atomic E-state index is 0.0266. The number of ether oxygens (including phenoxy) is 3. The fourth-order valence-corrected chi connectivity index (χ4v) is 4.75. The number of likely N-dealkylation sites (tertiary alicyclic amines) is 1. The molecule has 5 rings (SSSR count). The number of hydrogen-bond donors (Lipinski definition) is 1. The zero-order chi connectivity index (χ0) is 25.6. The van der Waals surface area contributed by atoms with Gasteiger partial charge in [-0.15, -0.1) is 0 Å². The van der Waals surface area contributed by atoms with E-state index in [1.165, 1.54) is 6.33 Å². The average Bonchev–Trinajstić information content (AvgIpc) is 2.94. The van der Waals surface area contributed by atoms with Gasteiger partial charge in [-0.3, -0.25) is 0 Å². The van der Waals surface area contributed by atoms with Crippen LogP contribution in [0.25, 0.3) is 11.4 Å². The van der Waals surface area contributed by atoms with Crippen molar-refractivity contribution in [1.29, 1.82) is 5.26 Å². The summed E-state index contributed by atoms with van der Waals surface area (Å²) >= 11 is 0. The third kappa shape index (κ3) is 5.96. The number of methoxy groups -OCH3 is 1. The van der Waals surface area contributed by atoms with Gasteiger partial charge in [-0.25, -0.2) is 15.0 Å². The predicted molar refractivity (Wildman–Crippen MR) is 138 cm³/mol. The molecular weight excluding hydrogens is 470 g/mol. The van der Waals surface area contributed by atoms with Crippen LogP contribution >= 0.6 is 0 Å². The second-order valence-electron chi connectivity index (χ2n) is 9.37. The van der Waals surface area contributed by atoms with Gasteiger partial charge in [0.25, 0.3) is 0 Å². The van der Waals surface area contributed by atoms with Crippen LogP contribution in [0.1, 0.15) is 42.9 Å². The van der Waals surface area contributed by atoms with Crippen molar-refractivity contribution in [2.24, 2.45) is 0 Å². The standard InChI is InChI=1S/C27H31N7O3/c1-34-11-7-18(8-12-34)20-3-6-25(33-27(20)35-2)32-26-15-22(29-17-30-26)21-4-5-24(23(16-28)31-21)37-19-9-13-36-14-10-19/h3-6,15,17-19H,7-14H2,1-2H3,(H,29,30,32,33). The molecule has 0 aromatic carbocycles. The Kier molecular flexibility index (Phi) is 7.73. The summed E-state index contributed by atoms with van der Waals surface area (Å²) in [6, 6.07) is 11.5. The highest BCUT2D eigenvalue weighted by Gasteiger charge is 2.23. The Morgan fingerprint density at radius 2 is 1.81 bits per heavy atom. The third-order valence-corrected chi connectivity index (χ3v) is 6.85. The van der Waals surface area contributed by atoms with E-state index >= 15 is 0 Å². The summed E-state index contributed by atoms with van der Waals surface area (Å²) in [6.45, 7) is 3.47. The number of nitrogens with zero attached hydrogens (tertiary/aromatic N) is 6. The number of aromatic nitrogens is 4. The van der Waals surface area contributed by atoms with Crippen LogP contribution in [0.5, 0.6) is 11.6 Å². The molecular formula is C27H31N7O3. The monoisotopic (exact) mass is 501 g/mol. The lowest BCUT2D eigenvalue weighted by molar-refractivity contribution is 0.0253. The Labute approximate surface area is 216 Å². The second kappa shape index (κ2) is 11.5. The van der Waals surface area contributed by atoms with E-state index < -0.39 is 0 Å². The highest BCUT2D eigenvalue weighted by molar-refractivity contribution is 5.63. The van der Waals surface area contributed by atoms with Crippen LogP contribution in [0.15, 0.2) is 36.7 Å². The fraction of sp³-hybridized carbons (Fsp3) is 0.444. The van der Waals surface area contributed by atoms with Gasteiger partial charge >= 0.3 is 0 Å². The van der Waals surface area contributed by atoms with Gasteiger partial charge in [0.1, 0.15) is 30.1 Å². The maximum Gasteiger partial charge on any atom is 0.218 e. The Balaban J connectivity index is 1.32. The molecule has 192 valence electrons. The molecule has 5 heterocycles. The number of nitriles is 1. The molecule has 37 heavy (non-hydrogen) atoms. The molecule has 10 nitrogen and oxygen atoms in total. The Morgan fingerprint density at radius 1 is 1.00 bits per heavy atom. The minimum atomic E-state index is 0.0266. The molecule has 0 aliphatic carbocycles. The van der Waals surface area contributed by atoms with Gasteiger partial charge in [0, 0.05) is 24.5 Å². The number of piperidine rings is 1. The van der Waals surface area contributed by atoms with Crippen LogP contribution in [0.3, 0.4) is 0 Å². The van der Waals surface area contributed by atoms with Crippen molar-refractivity contribution in [3.63, 3.8) is 0 Å². The molecule has 2 aliphatic heterocycles. The van der Waals surface area contributed by atoms with Gasteiger partial charge in [0.15, 0.2) is 11.4 Å². The Hall–Kier alpha value is -3.81. The van der Waals surface area contributed by atoms with E-state index in [0.717, 1.165) is 44.3 Å². The van der Waals surface area contributed by atoms with E-state index in [0.29, 0.717) is 53.8 Å². The molecule has 0 unspecified atom stereocenters. The van der Waals surface area contributed by atoms with Crippen LogP contribution < -0.4 is 14.8 Å². The molecule has 1 N–H and O–H groups in total. The van der Waals surface area contributed by atoms with Crippen LogP contribution in [-0.2, 0) is 4.74 Å². The molecule has 0 amide bonds. The molecule has 0 bridgehead atoms. The normalized spacial score (nSPS) is 17.2. The number of rotatable bonds is 7. The number of hydrogen-bond acceptors (Lipinski definition) is 10. The Morgan fingerprint density at radius 3 is 2.57 bits per heavy atom. The van der Waals surface area contributed by atoms with Crippen molar-refractivity contribution in [3.05, 3.63) is 47.9 Å². The molecule has 10 heteroatoms. The summed E-state index contributed by atoms with van der Waals surface area (Å²) in [7, 11) is 3.81. The summed E-state index contributed by atoms with van der Waals surface area (Å²) in [6.07, 6.45) is 5.26. The molecule has 0 saturated carbocycles. The largest absolute Gasteiger partial charge is 0.487 e. The average molecular weight is 502 g/mol. The van der Waals surface area contributed by atoms with Gasteiger partial charge in [0.2, 0.25) is 5.88 Å². The molecule has 3 aromatic rings. The van der Waals surface area contributed by atoms with Crippen LogP contribution in [-0.4, -0.2) is 71.4 Å². The minimum Gasteiger partial charge on any atom is -0.487 e. The topological polar surface area (TPSA) is 118 Å². The van der Waals surface area contributed by atoms with E-state index in [2.05, 4.69) is 49.3 Å². The van der Waals surface area contributed by atoms with Gasteiger partial charge in [-0.1, -0.05) is 0 Å². The predicted octanol–water partition coefficient (Wildman–Crippen LogP) is 3.92. The first kappa shape index (κ1) is 24.9. The van der Waals surface area contributed by atoms with Crippen molar-refractivity contribution in [2.45, 2.75) is 37.7 Å². The van der Waals surface area contributed by atoms with Crippen molar-refractivity contribution < 1.29 is 14.2 Å². The summed E-state index contributed by atoms with van der Waals surface area (Å²) in [5.41, 5.74) is 2.51. The van der Waals surface area contributed by atoms with Crippen LogP contribution in [0, 0.1) is 11.3 Å². The van der Waals surface area contributed by atoms with E-state index in [1.54, 1.807) is 25.3 Å². The lowest BCUT2D eigenvalue weighted by Gasteiger charge is -2.29. The van der Waals surface area contributed by atoms with Crippen molar-refractivity contribution in [3.8, 4) is 29.1 Å². The smallest absolute Gasteiger partial charge is 0.218 e. The molecule has 2 aliphatic rings. The van der Waals surface area contributed by atoms with Crippen molar-refractivity contribution in [2.75, 3.05) is 45.8 Å². The van der Waals surface area contributed by atoms with E-state index in [9.17, 15) is 5.26 Å². The quantitative estimate of drug-likeness (QED) is 0.510. The van der Waals surface area contributed by atoms with Crippen molar-refractivity contribution >= 4 is 11.6 Å². The van der Waals surface area contributed by atoms with Gasteiger partial charge in [-0.05, 0) is 63.2 Å². The third-order valence-electron chi connectivity index (χ3n) is 6.85. The first-order chi connectivity index (χ1) is 18.1. The van der Waals surface area contributed by atoms with E-state index in [-0.39, 0.29) is 11.8 Å². The zero-order valence-corrected chi connectivity index (χ0v) is 21.2. The molecule has 2 saturated heterocycles. The summed E-state index contributed by atoms with van der Waals surface area (Å²) in [5, 5.41) is 12.9. The second-order valence-corrected chi connectivity index (χ2v) is 9.37. The maximum absolute atomic E-state index is 9.66. The van der Waals surface area contributed by atoms with Gasteiger partial charge < -0.3 is 24.4 Å². The highest BCUT2D eigenvalue weighted by atomic mass is 16.5. The van der Waals surface area contributed by atoms with Crippen LogP contribution in [0.2, 0.25) is 0 Å². The molecule has 0 radical (unpaired) electrons. The molecule has 0 spiro atoms. The van der Waals surface area contributed by atoms with Crippen LogP contribution in [0.4, 0.5) is 11.6 Å². The first-order valence-corrected chi connectivity index (χ1v) is 12.6. The SMILES string of the molecule is COc1nc(Nc2cc(-c3ccc(OC4CCOCC4)c(C#N)n3)ncn2)ccc1C1CCN(C)CC1. The molecule has 0 atom stereocenters. The van der Waals surface area contributed by atoms with Crippen molar-refractivity contribution in [1.82, 2.24) is 24.8 Å². The number of pyridine rings is 2. The molecule has 2 fully saturated rings. The summed E-state index contributed by atoms with van der Waals surface area (Å²) in [4.78, 5) is 20.2. The number of anilines is 2. The summed E-state index contributed by atoms with van der Waals surface area (Å²) < 4.78 is 17.0. The number of nitrogens with one attached hydrogen (secondary N) is 1. The Bertz CT molecular complexity index is 1270. The summed E-state index contributed by atoms with van der Waals surface area (Å²) in [5.74, 6) is 2.75. The maximum atomic E-state index is 9.66. The fourth-order valence-electron chi connectivity index (χ4n) is 4.75. The highest BCUT2D eigenvalue weighted by Crippen LogP contribution is 2.34. The first-order valence-electron chi connectivity index (χ1n) is 12.6. The lowest BCUT2D eigenvalue weighted by Crippen LogP contribution is -2.29. The van der Waals surface area contributed by atoms with Gasteiger partial charge in [-0.2, -0.15) is 10.2 Å². The van der Waals surface area contributed by atoms with Gasteiger partial charge in [0.05, 0.1) is 31.7 Å².